The van der Waals surface area contributed by atoms with Gasteiger partial charge in [-0.25, -0.2) is 0 Å². The van der Waals surface area contributed by atoms with E-state index in [0.717, 1.165) is 11.3 Å². The van der Waals surface area contributed by atoms with Gasteiger partial charge in [0.25, 0.3) is 0 Å². The van der Waals surface area contributed by atoms with Crippen LogP contribution < -0.4 is 4.74 Å². The van der Waals surface area contributed by atoms with E-state index in [2.05, 4.69) is 0 Å². The summed E-state index contributed by atoms with van der Waals surface area (Å²) in [6, 6.07) is 5.71. The Morgan fingerprint density at radius 1 is 1.36 bits per heavy atom. The van der Waals surface area contributed by atoms with Gasteiger partial charge in [0.1, 0.15) is 5.75 Å². The highest BCUT2D eigenvalue weighted by Crippen LogP contribution is 2.42. The van der Waals surface area contributed by atoms with E-state index < -0.39 is 5.79 Å². The highest BCUT2D eigenvalue weighted by Gasteiger charge is 2.33. The molecule has 1 atom stereocenters. The Bertz CT molecular complexity index is 360. The number of hydrogen-bond acceptors (Lipinski definition) is 2. The van der Waals surface area contributed by atoms with Crippen molar-refractivity contribution in [3.8, 4) is 5.75 Å². The molecule has 76 valence electrons. The van der Waals surface area contributed by atoms with Crippen molar-refractivity contribution in [2.45, 2.75) is 32.7 Å². The molecule has 1 aliphatic heterocycles. The second kappa shape index (κ2) is 3.14. The van der Waals surface area contributed by atoms with Crippen LogP contribution in [0.3, 0.4) is 0 Å². The fourth-order valence-electron chi connectivity index (χ4n) is 1.71. The lowest BCUT2D eigenvalue weighted by Gasteiger charge is -2.36. The molecule has 2 rings (SSSR count). The van der Waals surface area contributed by atoms with Crippen LogP contribution in [0.15, 0.2) is 18.2 Å². The zero-order chi connectivity index (χ0) is 10.3. The summed E-state index contributed by atoms with van der Waals surface area (Å²) in [7, 11) is 0. The van der Waals surface area contributed by atoms with Crippen LogP contribution >= 0.6 is 11.6 Å². The Hall–Kier alpha value is -0.730. The van der Waals surface area contributed by atoms with E-state index in [1.54, 1.807) is 0 Å². The average molecular weight is 213 g/mol. The smallest absolute Gasteiger partial charge is 0.205 e. The lowest BCUT2D eigenvalue weighted by atomic mass is 10.1. The minimum Gasteiger partial charge on any atom is -0.461 e. The molecule has 0 spiro atoms. The van der Waals surface area contributed by atoms with Gasteiger partial charge in [-0.2, -0.15) is 0 Å². The van der Waals surface area contributed by atoms with Crippen LogP contribution in [0.1, 0.15) is 32.4 Å². The molecule has 14 heavy (non-hydrogen) atoms. The van der Waals surface area contributed by atoms with E-state index in [1.807, 2.05) is 39.0 Å². The van der Waals surface area contributed by atoms with Gasteiger partial charge in [-0.3, -0.25) is 0 Å². The highest BCUT2D eigenvalue weighted by molar-refractivity contribution is 6.32. The number of benzene rings is 1. The van der Waals surface area contributed by atoms with E-state index in [4.69, 9.17) is 21.1 Å². The Balaban J connectivity index is 2.51. The summed E-state index contributed by atoms with van der Waals surface area (Å²) in [5.74, 6) is 0.148. The first kappa shape index (κ1) is 9.81. The molecule has 0 aromatic heterocycles. The summed E-state index contributed by atoms with van der Waals surface area (Å²) in [5, 5.41) is 0.644. The summed E-state index contributed by atoms with van der Waals surface area (Å²) in [4.78, 5) is 0. The maximum Gasteiger partial charge on any atom is 0.205 e. The van der Waals surface area contributed by atoms with Crippen LogP contribution in [-0.4, -0.2) is 5.79 Å². The topological polar surface area (TPSA) is 18.5 Å². The molecule has 1 aromatic carbocycles. The fourth-order valence-corrected chi connectivity index (χ4v) is 1.93. The van der Waals surface area contributed by atoms with Gasteiger partial charge in [0.15, 0.2) is 0 Å². The van der Waals surface area contributed by atoms with Crippen molar-refractivity contribution in [1.82, 2.24) is 0 Å². The molecule has 0 amide bonds. The quantitative estimate of drug-likeness (QED) is 0.655. The van der Waals surface area contributed by atoms with Crippen molar-refractivity contribution < 1.29 is 9.47 Å². The number of ether oxygens (including phenoxy) is 2. The Morgan fingerprint density at radius 3 is 2.79 bits per heavy atom. The molecule has 1 aromatic rings. The van der Waals surface area contributed by atoms with Crippen molar-refractivity contribution in [2.24, 2.45) is 0 Å². The average Bonchev–Trinajstić information content (AvgIpc) is 2.05. The van der Waals surface area contributed by atoms with E-state index in [0.29, 0.717) is 5.02 Å². The predicted molar refractivity (Wildman–Crippen MR) is 55.7 cm³/mol. The second-order valence-corrected chi connectivity index (χ2v) is 4.33. The van der Waals surface area contributed by atoms with Crippen LogP contribution in [0.5, 0.6) is 5.75 Å². The minimum absolute atomic E-state index is 0.0208. The largest absolute Gasteiger partial charge is 0.461 e. The maximum absolute atomic E-state index is 6.05. The van der Waals surface area contributed by atoms with Gasteiger partial charge < -0.3 is 9.47 Å². The SMILES string of the molecule is C[C@@H]1OC(C)(C)Oc2c(Cl)cccc21. The normalized spacial score (nSPS) is 23.9. The Kier molecular flexibility index (Phi) is 2.20. The third kappa shape index (κ3) is 1.60. The predicted octanol–water partition coefficient (Wildman–Crippen LogP) is 3.55. The van der Waals surface area contributed by atoms with Gasteiger partial charge in [0.05, 0.1) is 11.1 Å². The van der Waals surface area contributed by atoms with Crippen molar-refractivity contribution in [1.29, 1.82) is 0 Å². The third-order valence-electron chi connectivity index (χ3n) is 2.24. The fraction of sp³-hybridized carbons (Fsp3) is 0.455. The van der Waals surface area contributed by atoms with E-state index in [-0.39, 0.29) is 6.10 Å². The minimum atomic E-state index is -0.600. The molecular weight excluding hydrogens is 200 g/mol. The standard InChI is InChI=1S/C11H13ClO2/c1-7-8-5-4-6-9(12)10(8)14-11(2,3)13-7/h4-7H,1-3H3/t7-/m0/s1. The summed E-state index contributed by atoms with van der Waals surface area (Å²) < 4.78 is 11.3. The van der Waals surface area contributed by atoms with E-state index in [9.17, 15) is 0 Å². The van der Waals surface area contributed by atoms with Gasteiger partial charge in [0.2, 0.25) is 5.79 Å². The van der Waals surface area contributed by atoms with Gasteiger partial charge in [-0.05, 0) is 13.0 Å². The zero-order valence-electron chi connectivity index (χ0n) is 8.50. The van der Waals surface area contributed by atoms with Crippen molar-refractivity contribution in [3.63, 3.8) is 0 Å². The number of para-hydroxylation sites is 1. The molecule has 0 bridgehead atoms. The molecule has 0 saturated heterocycles. The highest BCUT2D eigenvalue weighted by atomic mass is 35.5. The number of hydrogen-bond donors (Lipinski definition) is 0. The first-order chi connectivity index (χ1) is 6.49. The lowest BCUT2D eigenvalue weighted by molar-refractivity contribution is -0.202. The molecule has 3 heteroatoms. The van der Waals surface area contributed by atoms with Crippen LogP contribution in [-0.2, 0) is 4.74 Å². The molecule has 2 nitrogen and oxygen atoms in total. The lowest BCUT2D eigenvalue weighted by Crippen LogP contribution is -2.37. The first-order valence-electron chi connectivity index (χ1n) is 4.65. The molecule has 0 aliphatic carbocycles. The molecule has 0 N–H and O–H groups in total. The van der Waals surface area contributed by atoms with Crippen molar-refractivity contribution >= 4 is 11.6 Å². The summed E-state index contributed by atoms with van der Waals surface area (Å²) >= 11 is 6.05. The summed E-state index contributed by atoms with van der Waals surface area (Å²) in [6.45, 7) is 5.77. The zero-order valence-corrected chi connectivity index (χ0v) is 9.26. The summed E-state index contributed by atoms with van der Waals surface area (Å²) in [6.07, 6.45) is 0.0208. The van der Waals surface area contributed by atoms with E-state index >= 15 is 0 Å². The van der Waals surface area contributed by atoms with Crippen molar-refractivity contribution in [3.05, 3.63) is 28.8 Å². The molecular formula is C11H13ClO2. The number of fused-ring (bicyclic) bond motifs is 1. The van der Waals surface area contributed by atoms with Crippen molar-refractivity contribution in [2.75, 3.05) is 0 Å². The second-order valence-electron chi connectivity index (χ2n) is 3.92. The van der Waals surface area contributed by atoms with Crippen LogP contribution in [0.2, 0.25) is 5.02 Å². The van der Waals surface area contributed by atoms with Gasteiger partial charge >= 0.3 is 0 Å². The van der Waals surface area contributed by atoms with Crippen LogP contribution in [0, 0.1) is 0 Å². The Labute approximate surface area is 88.8 Å². The molecule has 0 saturated carbocycles. The number of rotatable bonds is 0. The number of halogens is 1. The third-order valence-corrected chi connectivity index (χ3v) is 2.54. The molecule has 1 aliphatic rings. The molecule has 0 radical (unpaired) electrons. The van der Waals surface area contributed by atoms with Gasteiger partial charge in [-0.1, -0.05) is 23.7 Å². The summed E-state index contributed by atoms with van der Waals surface area (Å²) in [5.41, 5.74) is 1.01. The molecule has 0 unspecified atom stereocenters. The first-order valence-corrected chi connectivity index (χ1v) is 5.03. The monoisotopic (exact) mass is 212 g/mol. The van der Waals surface area contributed by atoms with Crippen LogP contribution in [0.25, 0.3) is 0 Å². The molecule has 1 heterocycles. The molecule has 0 fully saturated rings. The van der Waals surface area contributed by atoms with Gasteiger partial charge in [-0.15, -0.1) is 0 Å². The maximum atomic E-state index is 6.05. The van der Waals surface area contributed by atoms with Gasteiger partial charge in [0, 0.05) is 19.4 Å². The Morgan fingerprint density at radius 2 is 2.07 bits per heavy atom. The van der Waals surface area contributed by atoms with E-state index in [1.165, 1.54) is 0 Å². The van der Waals surface area contributed by atoms with Crippen LogP contribution in [0.4, 0.5) is 0 Å².